The van der Waals surface area contributed by atoms with E-state index in [1.165, 1.54) is 23.9 Å². The van der Waals surface area contributed by atoms with Crippen LogP contribution in [0.5, 0.6) is 0 Å². The van der Waals surface area contributed by atoms with Gasteiger partial charge in [-0.05, 0) is 50.5 Å². The largest absolute Gasteiger partial charge is 0.388 e. The summed E-state index contributed by atoms with van der Waals surface area (Å²) in [5, 5.41) is 6.06. The highest BCUT2D eigenvalue weighted by molar-refractivity contribution is 8.15. The Kier molecular flexibility index (Phi) is 7.63. The first-order valence-electron chi connectivity index (χ1n) is 10.2. The Morgan fingerprint density at radius 2 is 2.00 bits per heavy atom. The van der Waals surface area contributed by atoms with E-state index in [1.807, 2.05) is 30.3 Å². The van der Waals surface area contributed by atoms with Crippen molar-refractivity contribution in [1.82, 2.24) is 5.01 Å². The monoisotopic (exact) mass is 460 g/mol. The average Bonchev–Trinajstić information content (AvgIpc) is 3.18. The first-order valence-corrected chi connectivity index (χ1v) is 11.0. The minimum Gasteiger partial charge on any atom is -0.388 e. The molecule has 0 saturated heterocycles. The Labute approximate surface area is 190 Å². The fourth-order valence-electron chi connectivity index (χ4n) is 3.42. The molecule has 32 heavy (non-hydrogen) atoms. The highest BCUT2D eigenvalue weighted by Crippen LogP contribution is 2.50. The quantitative estimate of drug-likeness (QED) is 0.363. The Morgan fingerprint density at radius 1 is 1.28 bits per heavy atom. The summed E-state index contributed by atoms with van der Waals surface area (Å²) in [7, 11) is 1.44. The first kappa shape index (κ1) is 23.9. The van der Waals surface area contributed by atoms with Crippen LogP contribution in [0.3, 0.4) is 0 Å². The molecule has 0 saturated carbocycles. The lowest BCUT2D eigenvalue weighted by molar-refractivity contribution is -0.144. The van der Waals surface area contributed by atoms with E-state index >= 15 is 0 Å². The molecule has 1 amide bonds. The number of hydrazone groups is 1. The lowest BCUT2D eigenvalue weighted by atomic mass is 9.99. The molecular weight excluding hydrogens is 434 g/mol. The van der Waals surface area contributed by atoms with Gasteiger partial charge in [0.25, 0.3) is 5.91 Å². The lowest BCUT2D eigenvalue weighted by Gasteiger charge is -2.36. The number of thioether (sulfide) groups is 1. The molecule has 2 atom stereocenters. The molecule has 0 unspecified atom stereocenters. The van der Waals surface area contributed by atoms with Crippen molar-refractivity contribution < 1.29 is 18.3 Å². The molecule has 1 aliphatic heterocycles. The Bertz CT molecular complexity index is 1030. The third kappa shape index (κ3) is 4.99. The predicted octanol–water partition coefficient (Wildman–Crippen LogP) is 4.25. The Morgan fingerprint density at radius 3 is 2.66 bits per heavy atom. The molecule has 3 rings (SSSR count). The fraction of sp³-hybridized carbons (Fsp3) is 0.348. The topological polar surface area (TPSA) is 80.3 Å². The van der Waals surface area contributed by atoms with Gasteiger partial charge in [-0.15, -0.1) is 0 Å². The van der Waals surface area contributed by atoms with Crippen molar-refractivity contribution in [3.05, 3.63) is 71.3 Å². The number of hydrogen-bond donors (Lipinski definition) is 1. The smallest absolute Gasteiger partial charge is 0.273 e. The molecule has 1 heterocycles. The average molecular weight is 461 g/mol. The summed E-state index contributed by atoms with van der Waals surface area (Å²) >= 11 is 1.22. The molecule has 2 aromatic carbocycles. The van der Waals surface area contributed by atoms with Gasteiger partial charge in [-0.2, -0.15) is 5.10 Å². The van der Waals surface area contributed by atoms with Crippen LogP contribution in [0.4, 0.5) is 8.78 Å². The number of carbonyl (C=O) groups excluding carboxylic acids is 1. The summed E-state index contributed by atoms with van der Waals surface area (Å²) in [6.07, 6.45) is 0.282. The second-order valence-electron chi connectivity index (χ2n) is 7.44. The molecule has 0 aliphatic carbocycles. The number of amidine groups is 1. The number of methoxy groups -OCH3 is 1. The number of nitrogens with two attached hydrogens (primary N) is 1. The van der Waals surface area contributed by atoms with Crippen molar-refractivity contribution in [3.63, 3.8) is 0 Å². The number of amides is 1. The molecule has 0 radical (unpaired) electrons. The first-order chi connectivity index (χ1) is 15.3. The summed E-state index contributed by atoms with van der Waals surface area (Å²) in [5.74, 6) is -1.11. The lowest BCUT2D eigenvalue weighted by Crippen LogP contribution is -2.45. The molecule has 0 bridgehead atoms. The number of rotatable bonds is 8. The van der Waals surface area contributed by atoms with Gasteiger partial charge in [0.1, 0.15) is 27.7 Å². The predicted molar refractivity (Wildman–Crippen MR) is 123 cm³/mol. The number of hydrogen-bond acceptors (Lipinski definition) is 5. The van der Waals surface area contributed by atoms with Crippen LogP contribution in [-0.4, -0.2) is 41.6 Å². The number of aliphatic imine (C=N–C) groups is 1. The maximum Gasteiger partial charge on any atom is 0.273 e. The molecule has 6 nitrogen and oxygen atoms in total. The number of nitrogens with zero attached hydrogens (tertiary/aromatic N) is 3. The molecule has 9 heteroatoms. The minimum atomic E-state index is -0.975. The third-order valence-electron chi connectivity index (χ3n) is 5.13. The molecule has 2 N–H and O–H groups in total. The summed E-state index contributed by atoms with van der Waals surface area (Å²) in [5.41, 5.74) is 6.47. The van der Waals surface area contributed by atoms with E-state index in [0.29, 0.717) is 25.2 Å². The SMILES string of the molecule is CO[C@@H](C)C(=O)N1N=C(c2cc(F)ccc2F)S[C@]1(CCCN=C(C)N)c1ccccc1. The highest BCUT2D eigenvalue weighted by Gasteiger charge is 2.49. The molecule has 170 valence electrons. The van der Waals surface area contributed by atoms with Gasteiger partial charge in [0.15, 0.2) is 0 Å². The van der Waals surface area contributed by atoms with Gasteiger partial charge in [-0.3, -0.25) is 9.79 Å². The summed E-state index contributed by atoms with van der Waals surface area (Å²) < 4.78 is 33.8. The van der Waals surface area contributed by atoms with E-state index in [9.17, 15) is 13.6 Å². The molecule has 2 aromatic rings. The number of benzene rings is 2. The van der Waals surface area contributed by atoms with E-state index in [1.54, 1.807) is 13.8 Å². The van der Waals surface area contributed by atoms with Crippen molar-refractivity contribution in [3.8, 4) is 0 Å². The van der Waals surface area contributed by atoms with Crippen LogP contribution in [0.2, 0.25) is 0 Å². The molecule has 0 spiro atoms. The number of halogens is 2. The van der Waals surface area contributed by atoms with Gasteiger partial charge >= 0.3 is 0 Å². The zero-order valence-electron chi connectivity index (χ0n) is 18.2. The standard InChI is InChI=1S/C23H26F2N4O2S/c1-15(31-3)22(30)29-23(12-7-13-27-16(2)26,17-8-5-4-6-9-17)32-21(28-29)19-14-18(24)10-11-20(19)25/h4-6,8-11,14-15H,7,12-13H2,1-3H3,(H2,26,27)/t15-,23+/m0/s1. The van der Waals surface area contributed by atoms with Gasteiger partial charge in [-0.25, -0.2) is 13.8 Å². The van der Waals surface area contributed by atoms with E-state index in [-0.39, 0.29) is 16.5 Å². The van der Waals surface area contributed by atoms with Crippen LogP contribution in [0.25, 0.3) is 0 Å². The van der Waals surface area contributed by atoms with E-state index in [2.05, 4.69) is 10.1 Å². The van der Waals surface area contributed by atoms with Crippen molar-refractivity contribution in [1.29, 1.82) is 0 Å². The van der Waals surface area contributed by atoms with Gasteiger partial charge in [0.05, 0.1) is 5.84 Å². The van der Waals surface area contributed by atoms with Crippen LogP contribution in [0.1, 0.15) is 37.8 Å². The maximum atomic E-state index is 14.6. The molecule has 1 aliphatic rings. The van der Waals surface area contributed by atoms with Crippen LogP contribution >= 0.6 is 11.8 Å². The minimum absolute atomic E-state index is 0.00602. The highest BCUT2D eigenvalue weighted by atomic mass is 32.2. The molecule has 0 aromatic heterocycles. The zero-order chi connectivity index (χ0) is 23.3. The van der Waals surface area contributed by atoms with Gasteiger partial charge in [0.2, 0.25) is 0 Å². The number of ether oxygens (including phenoxy) is 1. The number of carbonyl (C=O) groups is 1. The fourth-order valence-corrected chi connectivity index (χ4v) is 4.85. The summed E-state index contributed by atoms with van der Waals surface area (Å²) in [6.45, 7) is 3.80. The second-order valence-corrected chi connectivity index (χ2v) is 8.70. The van der Waals surface area contributed by atoms with Crippen molar-refractivity contribution in [2.24, 2.45) is 15.8 Å². The Hall–Kier alpha value is -2.78. The summed E-state index contributed by atoms with van der Waals surface area (Å²) in [6, 6.07) is 12.6. The zero-order valence-corrected chi connectivity index (χ0v) is 19.0. The normalized spacial score (nSPS) is 19.7. The van der Waals surface area contributed by atoms with Crippen molar-refractivity contribution in [2.45, 2.75) is 37.7 Å². The van der Waals surface area contributed by atoms with Gasteiger partial charge in [0, 0.05) is 19.2 Å². The van der Waals surface area contributed by atoms with Crippen molar-refractivity contribution >= 4 is 28.5 Å². The third-order valence-corrected chi connectivity index (χ3v) is 6.57. The maximum absolute atomic E-state index is 14.6. The second kappa shape index (κ2) is 10.2. The van der Waals surface area contributed by atoms with Crippen LogP contribution < -0.4 is 5.73 Å². The summed E-state index contributed by atoms with van der Waals surface area (Å²) in [4.78, 5) is 16.6. The van der Waals surface area contributed by atoms with Crippen LogP contribution in [0.15, 0.2) is 58.6 Å². The van der Waals surface area contributed by atoms with E-state index < -0.39 is 22.6 Å². The molecule has 0 fully saturated rings. The molecular formula is C23H26F2N4O2S. The van der Waals surface area contributed by atoms with E-state index in [4.69, 9.17) is 10.5 Å². The van der Waals surface area contributed by atoms with Crippen LogP contribution in [-0.2, 0) is 14.4 Å². The van der Waals surface area contributed by atoms with Gasteiger partial charge in [-0.1, -0.05) is 42.1 Å². The Balaban J connectivity index is 2.10. The van der Waals surface area contributed by atoms with E-state index in [0.717, 1.165) is 23.8 Å². The van der Waals surface area contributed by atoms with Gasteiger partial charge < -0.3 is 10.5 Å². The van der Waals surface area contributed by atoms with Crippen molar-refractivity contribution in [2.75, 3.05) is 13.7 Å². The van der Waals surface area contributed by atoms with Crippen LogP contribution in [0, 0.1) is 11.6 Å².